The average Bonchev–Trinajstić information content (AvgIpc) is 2.52. The lowest BCUT2D eigenvalue weighted by molar-refractivity contribution is 0.132. The Labute approximate surface area is 119 Å². The molecule has 0 N–H and O–H groups in total. The molecule has 0 atom stereocenters. The highest BCUT2D eigenvalue weighted by Gasteiger charge is 1.94. The number of methoxy groups -OCH3 is 1. The first-order chi connectivity index (χ1) is 9.81. The molecule has 20 heavy (non-hydrogen) atoms. The Morgan fingerprint density at radius 2 is 2.00 bits per heavy atom. The van der Waals surface area contributed by atoms with E-state index in [-0.39, 0.29) is 0 Å². The van der Waals surface area contributed by atoms with Crippen LogP contribution in [0.1, 0.15) is 16.7 Å². The topological polar surface area (TPSA) is 30.8 Å². The van der Waals surface area contributed by atoms with Gasteiger partial charge in [0.15, 0.2) is 0 Å². The zero-order valence-electron chi connectivity index (χ0n) is 11.4. The molecule has 0 saturated heterocycles. The van der Waals surface area contributed by atoms with Gasteiger partial charge in [-0.15, -0.1) is 0 Å². The number of rotatable bonds is 6. The number of nitrogens with zero attached hydrogens (tertiary/aromatic N) is 1. The molecule has 0 fully saturated rings. The van der Waals surface area contributed by atoms with Gasteiger partial charge in [0.25, 0.3) is 0 Å². The lowest BCUT2D eigenvalue weighted by Gasteiger charge is -2.01. The van der Waals surface area contributed by atoms with Crippen molar-refractivity contribution in [2.75, 3.05) is 7.11 Å². The van der Waals surface area contributed by atoms with Gasteiger partial charge in [-0.2, -0.15) is 0 Å². The van der Waals surface area contributed by atoms with E-state index in [0.29, 0.717) is 6.61 Å². The molecule has 1 radical (unpaired) electrons. The first-order valence-corrected chi connectivity index (χ1v) is 6.25. The van der Waals surface area contributed by atoms with Crippen LogP contribution < -0.4 is 4.74 Å². The molecule has 2 aromatic rings. The summed E-state index contributed by atoms with van der Waals surface area (Å²) in [6.07, 6.45) is 4.62. The van der Waals surface area contributed by atoms with Gasteiger partial charge in [0.05, 0.1) is 7.11 Å². The molecule has 3 nitrogen and oxygen atoms in total. The van der Waals surface area contributed by atoms with Crippen molar-refractivity contribution in [1.29, 1.82) is 0 Å². The van der Waals surface area contributed by atoms with E-state index in [9.17, 15) is 0 Å². The molecule has 0 heterocycles. The first-order valence-electron chi connectivity index (χ1n) is 6.25. The van der Waals surface area contributed by atoms with Crippen LogP contribution in [0.5, 0.6) is 5.75 Å². The summed E-state index contributed by atoms with van der Waals surface area (Å²) < 4.78 is 5.08. The molecule has 0 aliphatic rings. The molecule has 2 aromatic carbocycles. The van der Waals surface area contributed by atoms with Gasteiger partial charge < -0.3 is 9.57 Å². The highest BCUT2D eigenvalue weighted by molar-refractivity contribution is 5.79. The van der Waals surface area contributed by atoms with Crippen molar-refractivity contribution in [2.45, 2.75) is 6.61 Å². The Morgan fingerprint density at radius 3 is 2.70 bits per heavy atom. The molecule has 2 rings (SSSR count). The molecule has 101 valence electrons. The van der Waals surface area contributed by atoms with Gasteiger partial charge in [0.2, 0.25) is 0 Å². The Balaban J connectivity index is 1.87. The molecule has 0 bridgehead atoms. The lowest BCUT2D eigenvalue weighted by atomic mass is 10.1. The maximum atomic E-state index is 5.23. The second-order valence-electron chi connectivity index (χ2n) is 4.15. The van der Waals surface area contributed by atoms with Crippen LogP contribution in [-0.2, 0) is 11.4 Å². The fraction of sp³-hybridized carbons (Fsp3) is 0.118. The minimum Gasteiger partial charge on any atom is -0.497 e. The van der Waals surface area contributed by atoms with E-state index in [2.05, 4.69) is 17.9 Å². The summed E-state index contributed by atoms with van der Waals surface area (Å²) >= 11 is 0. The second kappa shape index (κ2) is 7.14. The first kappa shape index (κ1) is 13.9. The third kappa shape index (κ3) is 3.99. The van der Waals surface area contributed by atoms with Crippen LogP contribution in [0.25, 0.3) is 6.08 Å². The van der Waals surface area contributed by atoms with Crippen LogP contribution in [0, 0.1) is 0 Å². The summed E-state index contributed by atoms with van der Waals surface area (Å²) in [6, 6.07) is 15.4. The van der Waals surface area contributed by atoms with E-state index in [1.807, 2.05) is 48.5 Å². The third-order valence-corrected chi connectivity index (χ3v) is 2.75. The number of hydrogen-bond donors (Lipinski definition) is 0. The maximum Gasteiger partial charge on any atom is 0.142 e. The van der Waals surface area contributed by atoms with Gasteiger partial charge in [-0.05, 0) is 41.5 Å². The molecule has 0 unspecified atom stereocenters. The smallest absolute Gasteiger partial charge is 0.142 e. The normalized spacial score (nSPS) is 10.4. The highest BCUT2D eigenvalue weighted by Crippen LogP contribution is 2.10. The van der Waals surface area contributed by atoms with E-state index in [0.717, 1.165) is 22.4 Å². The van der Waals surface area contributed by atoms with Gasteiger partial charge in [0.1, 0.15) is 18.6 Å². The minimum absolute atomic E-state index is 0.408. The van der Waals surface area contributed by atoms with Crippen molar-refractivity contribution in [3.05, 3.63) is 71.8 Å². The third-order valence-electron chi connectivity index (χ3n) is 2.75. The van der Waals surface area contributed by atoms with Gasteiger partial charge in [-0.3, -0.25) is 0 Å². The van der Waals surface area contributed by atoms with E-state index >= 15 is 0 Å². The fourth-order valence-corrected chi connectivity index (χ4v) is 1.67. The van der Waals surface area contributed by atoms with Gasteiger partial charge >= 0.3 is 0 Å². The van der Waals surface area contributed by atoms with E-state index < -0.39 is 0 Å². The molecule has 0 amide bonds. The quantitative estimate of drug-likeness (QED) is 0.588. The molecule has 3 heteroatoms. The zero-order chi connectivity index (χ0) is 14.2. The minimum atomic E-state index is 0.408. The molecule has 0 aromatic heterocycles. The van der Waals surface area contributed by atoms with Gasteiger partial charge in [-0.1, -0.05) is 36.0 Å². The van der Waals surface area contributed by atoms with Crippen LogP contribution >= 0.6 is 0 Å². The van der Waals surface area contributed by atoms with Crippen LogP contribution in [0.15, 0.2) is 60.3 Å². The lowest BCUT2D eigenvalue weighted by Crippen LogP contribution is -1.89. The van der Waals surface area contributed by atoms with Crippen molar-refractivity contribution < 1.29 is 9.57 Å². The van der Waals surface area contributed by atoms with Crippen molar-refractivity contribution in [3.8, 4) is 5.75 Å². The molecule has 0 aliphatic heterocycles. The van der Waals surface area contributed by atoms with Crippen LogP contribution in [0.2, 0.25) is 0 Å². The second-order valence-corrected chi connectivity index (χ2v) is 4.15. The van der Waals surface area contributed by atoms with Crippen molar-refractivity contribution in [1.82, 2.24) is 0 Å². The predicted molar refractivity (Wildman–Crippen MR) is 80.9 cm³/mol. The number of ether oxygens (including phenoxy) is 1. The Hall–Kier alpha value is -2.55. The Kier molecular flexibility index (Phi) is 4.95. The van der Waals surface area contributed by atoms with E-state index in [1.165, 1.54) is 0 Å². The van der Waals surface area contributed by atoms with Crippen molar-refractivity contribution in [2.24, 2.45) is 5.16 Å². The summed E-state index contributed by atoms with van der Waals surface area (Å²) in [5, 5.41) is 3.83. The monoisotopic (exact) mass is 266 g/mol. The Bertz CT molecular complexity index is 588. The van der Waals surface area contributed by atoms with Crippen molar-refractivity contribution in [3.63, 3.8) is 0 Å². The summed E-state index contributed by atoms with van der Waals surface area (Å²) in [5.41, 5.74) is 2.95. The summed E-state index contributed by atoms with van der Waals surface area (Å²) in [7, 11) is 1.63. The SMILES string of the molecule is C=Cc1cccc(CO/N=[C]\c2ccc(OC)cc2)c1. The number of benzene rings is 2. The summed E-state index contributed by atoms with van der Waals surface area (Å²) in [4.78, 5) is 5.23. The van der Waals surface area contributed by atoms with Crippen molar-refractivity contribution >= 4 is 12.3 Å². The van der Waals surface area contributed by atoms with Gasteiger partial charge in [-0.25, -0.2) is 0 Å². The summed E-state index contributed by atoms with van der Waals surface area (Å²) in [6.45, 7) is 4.14. The van der Waals surface area contributed by atoms with Crippen LogP contribution in [0.3, 0.4) is 0 Å². The standard InChI is InChI=1S/C17H16NO2/c1-3-14-5-4-6-16(11-14)13-20-18-12-15-7-9-17(19-2)10-8-15/h3-11H,1,13H2,2H3. The number of hydrogen-bond acceptors (Lipinski definition) is 3. The van der Waals surface area contributed by atoms with Crippen LogP contribution in [-0.4, -0.2) is 13.3 Å². The molecule has 0 aliphatic carbocycles. The molecule has 0 spiro atoms. The fourth-order valence-electron chi connectivity index (χ4n) is 1.67. The zero-order valence-corrected chi connectivity index (χ0v) is 11.4. The summed E-state index contributed by atoms with van der Waals surface area (Å²) in [5.74, 6) is 0.803. The Morgan fingerprint density at radius 1 is 1.20 bits per heavy atom. The molecular weight excluding hydrogens is 250 g/mol. The highest BCUT2D eigenvalue weighted by atomic mass is 16.6. The largest absolute Gasteiger partial charge is 0.497 e. The molecule has 0 saturated carbocycles. The van der Waals surface area contributed by atoms with Crippen LogP contribution in [0.4, 0.5) is 0 Å². The predicted octanol–water partition coefficient (Wildman–Crippen LogP) is 3.77. The van der Waals surface area contributed by atoms with E-state index in [1.54, 1.807) is 13.2 Å². The maximum absolute atomic E-state index is 5.23. The average molecular weight is 266 g/mol. The van der Waals surface area contributed by atoms with Gasteiger partial charge in [0, 0.05) is 5.56 Å². The molecular formula is C17H16NO2. The van der Waals surface area contributed by atoms with E-state index in [4.69, 9.17) is 9.57 Å².